The molecule has 0 aliphatic rings. The van der Waals surface area contributed by atoms with Crippen LogP contribution in [0.4, 0.5) is 0 Å². The Morgan fingerprint density at radius 3 is 2.42 bits per heavy atom. The van der Waals surface area contributed by atoms with E-state index in [-0.39, 0.29) is 6.10 Å². The molecular formula is C17H26O2. The van der Waals surface area contributed by atoms with Crippen molar-refractivity contribution in [1.29, 1.82) is 0 Å². The van der Waals surface area contributed by atoms with Crippen LogP contribution >= 0.6 is 0 Å². The van der Waals surface area contributed by atoms with Gasteiger partial charge in [0.05, 0.1) is 6.10 Å². The monoisotopic (exact) mass is 262 g/mol. The third-order valence-corrected chi connectivity index (χ3v) is 2.82. The summed E-state index contributed by atoms with van der Waals surface area (Å²) in [6.45, 7) is 5.62. The maximum atomic E-state index is 9.69. The Kier molecular flexibility index (Phi) is 12.4. The molecule has 2 N–H and O–H groups in total. The zero-order valence-corrected chi connectivity index (χ0v) is 12.0. The highest BCUT2D eigenvalue weighted by molar-refractivity contribution is 5.28. The summed E-state index contributed by atoms with van der Waals surface area (Å²) in [6, 6.07) is 0. The van der Waals surface area contributed by atoms with Crippen molar-refractivity contribution in [2.24, 2.45) is 0 Å². The van der Waals surface area contributed by atoms with Crippen LogP contribution in [0.25, 0.3) is 0 Å². The van der Waals surface area contributed by atoms with Gasteiger partial charge in [0.2, 0.25) is 0 Å². The first-order chi connectivity index (χ1) is 9.20. The maximum Gasteiger partial charge on any atom is 0.134 e. The molecule has 0 bridgehead atoms. The predicted molar refractivity (Wildman–Crippen MR) is 80.4 cm³/mol. The molecule has 0 aromatic heterocycles. The second-order valence-electron chi connectivity index (χ2n) is 4.67. The van der Waals surface area contributed by atoms with E-state index in [1.165, 1.54) is 38.2 Å². The minimum absolute atomic E-state index is 0.357. The predicted octanol–water partition coefficient (Wildman–Crippen LogP) is 3.04. The van der Waals surface area contributed by atoms with Crippen molar-refractivity contribution in [3.8, 4) is 23.7 Å². The van der Waals surface area contributed by atoms with Crippen LogP contribution in [-0.2, 0) is 0 Å². The Hall–Kier alpha value is -1.22. The van der Waals surface area contributed by atoms with Gasteiger partial charge in [-0.15, -0.1) is 0 Å². The first-order valence-electron chi connectivity index (χ1n) is 7.17. The molecule has 0 aromatic rings. The van der Waals surface area contributed by atoms with E-state index in [1.807, 2.05) is 0 Å². The summed E-state index contributed by atoms with van der Waals surface area (Å²) in [7, 11) is 0. The zero-order valence-electron chi connectivity index (χ0n) is 12.0. The summed E-state index contributed by atoms with van der Waals surface area (Å²) in [4.78, 5) is 0. The number of rotatable bonds is 9. The van der Waals surface area contributed by atoms with Crippen molar-refractivity contribution in [1.82, 2.24) is 0 Å². The van der Waals surface area contributed by atoms with Gasteiger partial charge < -0.3 is 10.2 Å². The lowest BCUT2D eigenvalue weighted by atomic mass is 10.1. The molecule has 0 radical (unpaired) electrons. The van der Waals surface area contributed by atoms with Gasteiger partial charge in [0, 0.05) is 6.42 Å². The van der Waals surface area contributed by atoms with Crippen molar-refractivity contribution in [3.63, 3.8) is 0 Å². The SMILES string of the molecule is C=C[C@H](O)C#CC#CC[C@@H](O)CCCCCCCC. The number of aliphatic hydroxyl groups is 2. The van der Waals surface area contributed by atoms with Crippen LogP contribution in [0.1, 0.15) is 58.3 Å². The third-order valence-electron chi connectivity index (χ3n) is 2.82. The highest BCUT2D eigenvalue weighted by Gasteiger charge is 2.00. The largest absolute Gasteiger partial charge is 0.392 e. The van der Waals surface area contributed by atoms with E-state index in [9.17, 15) is 5.11 Å². The molecule has 0 aromatic carbocycles. The second-order valence-corrected chi connectivity index (χ2v) is 4.67. The van der Waals surface area contributed by atoms with Crippen LogP contribution in [-0.4, -0.2) is 22.4 Å². The lowest BCUT2D eigenvalue weighted by molar-refractivity contribution is 0.166. The van der Waals surface area contributed by atoms with Crippen molar-refractivity contribution in [2.75, 3.05) is 0 Å². The standard InChI is InChI=1S/C17H26O2/c1-3-5-6-7-8-10-14-17(19)15-12-9-11-13-16(18)4-2/h4,16-19H,2-3,5-8,10,14-15H2,1H3/t16-,17-/m0/s1. The molecule has 19 heavy (non-hydrogen) atoms. The van der Waals surface area contributed by atoms with Crippen LogP contribution < -0.4 is 0 Å². The van der Waals surface area contributed by atoms with E-state index in [4.69, 9.17) is 5.11 Å². The second kappa shape index (κ2) is 13.2. The third kappa shape index (κ3) is 13.0. The maximum absolute atomic E-state index is 9.69. The normalized spacial score (nSPS) is 12.6. The van der Waals surface area contributed by atoms with Gasteiger partial charge in [-0.2, -0.15) is 0 Å². The van der Waals surface area contributed by atoms with Gasteiger partial charge in [0.15, 0.2) is 0 Å². The molecule has 2 nitrogen and oxygen atoms in total. The lowest BCUT2D eigenvalue weighted by Gasteiger charge is -2.05. The van der Waals surface area contributed by atoms with Gasteiger partial charge in [-0.25, -0.2) is 0 Å². The minimum atomic E-state index is -0.817. The number of hydrogen-bond donors (Lipinski definition) is 2. The smallest absolute Gasteiger partial charge is 0.134 e. The molecule has 2 atom stereocenters. The molecular weight excluding hydrogens is 236 g/mol. The molecule has 0 amide bonds. The van der Waals surface area contributed by atoms with Crippen molar-refractivity contribution >= 4 is 0 Å². The molecule has 0 saturated heterocycles. The Morgan fingerprint density at radius 1 is 1.05 bits per heavy atom. The highest BCUT2D eigenvalue weighted by Crippen LogP contribution is 2.09. The molecule has 0 unspecified atom stereocenters. The van der Waals surface area contributed by atoms with Crippen LogP contribution in [0, 0.1) is 23.7 Å². The Balaban J connectivity index is 3.58. The van der Waals surface area contributed by atoms with E-state index >= 15 is 0 Å². The van der Waals surface area contributed by atoms with Gasteiger partial charge in [-0.05, 0) is 18.3 Å². The van der Waals surface area contributed by atoms with Gasteiger partial charge in [0.1, 0.15) is 6.10 Å². The van der Waals surface area contributed by atoms with E-state index in [2.05, 4.69) is 37.2 Å². The van der Waals surface area contributed by atoms with Crippen molar-refractivity contribution in [2.45, 2.75) is 70.5 Å². The molecule has 0 aliphatic carbocycles. The molecule has 2 heteroatoms. The van der Waals surface area contributed by atoms with Gasteiger partial charge in [-0.3, -0.25) is 0 Å². The van der Waals surface area contributed by atoms with E-state index < -0.39 is 6.10 Å². The summed E-state index contributed by atoms with van der Waals surface area (Å²) < 4.78 is 0. The fourth-order valence-electron chi connectivity index (χ4n) is 1.64. The number of aliphatic hydroxyl groups excluding tert-OH is 2. The Labute approximate surface area is 117 Å². The van der Waals surface area contributed by atoms with Crippen molar-refractivity contribution in [3.05, 3.63) is 12.7 Å². The Bertz CT molecular complexity index is 338. The number of hydrogen-bond acceptors (Lipinski definition) is 2. The van der Waals surface area contributed by atoms with Crippen LogP contribution in [0.3, 0.4) is 0 Å². The highest BCUT2D eigenvalue weighted by atomic mass is 16.3. The zero-order chi connectivity index (χ0) is 14.3. The quantitative estimate of drug-likeness (QED) is 0.381. The fraction of sp³-hybridized carbons (Fsp3) is 0.647. The minimum Gasteiger partial charge on any atom is -0.392 e. The van der Waals surface area contributed by atoms with Crippen LogP contribution in [0.2, 0.25) is 0 Å². The van der Waals surface area contributed by atoms with Crippen LogP contribution in [0.15, 0.2) is 12.7 Å². The Morgan fingerprint density at radius 2 is 1.74 bits per heavy atom. The molecule has 0 fully saturated rings. The average Bonchev–Trinajstić information content (AvgIpc) is 2.42. The number of unbranched alkanes of at least 4 members (excludes halogenated alkanes) is 5. The summed E-state index contributed by atoms with van der Waals surface area (Å²) in [5.74, 6) is 10.5. The first-order valence-corrected chi connectivity index (χ1v) is 7.17. The average molecular weight is 262 g/mol. The van der Waals surface area contributed by atoms with E-state index in [0.717, 1.165) is 12.8 Å². The van der Waals surface area contributed by atoms with Crippen molar-refractivity contribution < 1.29 is 10.2 Å². The summed E-state index contributed by atoms with van der Waals surface area (Å²) in [5.41, 5.74) is 0. The summed E-state index contributed by atoms with van der Waals surface area (Å²) in [6.07, 6.45) is 8.82. The van der Waals surface area contributed by atoms with Gasteiger partial charge >= 0.3 is 0 Å². The molecule has 0 aliphatic heterocycles. The summed E-state index contributed by atoms with van der Waals surface area (Å²) >= 11 is 0. The van der Waals surface area contributed by atoms with E-state index in [1.54, 1.807) is 0 Å². The van der Waals surface area contributed by atoms with Crippen LogP contribution in [0.5, 0.6) is 0 Å². The summed E-state index contributed by atoms with van der Waals surface area (Å²) in [5, 5.41) is 18.8. The fourth-order valence-corrected chi connectivity index (χ4v) is 1.64. The van der Waals surface area contributed by atoms with Gasteiger partial charge in [0.25, 0.3) is 0 Å². The van der Waals surface area contributed by atoms with Gasteiger partial charge in [-0.1, -0.05) is 69.9 Å². The topological polar surface area (TPSA) is 40.5 Å². The molecule has 106 valence electrons. The molecule has 0 heterocycles. The lowest BCUT2D eigenvalue weighted by Crippen LogP contribution is -2.04. The van der Waals surface area contributed by atoms with E-state index in [0.29, 0.717) is 6.42 Å². The molecule has 0 rings (SSSR count). The first kappa shape index (κ1) is 17.8. The molecule has 0 spiro atoms. The molecule has 0 saturated carbocycles.